The zero-order valence-electron chi connectivity index (χ0n) is 16.4. The van der Waals surface area contributed by atoms with Gasteiger partial charge in [-0.1, -0.05) is 13.8 Å². The number of primary amides is 1. The standard InChI is InChI=1S/C20H31FN4O2/c1-16(2)7-9-23-11-13-24(14-12-23)15-20(27)25(10-8-19(22)26)18-5-3-17(21)4-6-18/h3-6,16H,7-15H2,1-2H3,(H2,22,26). The van der Waals surface area contributed by atoms with Crippen LogP contribution in [0.5, 0.6) is 0 Å². The molecule has 2 rings (SSSR count). The van der Waals surface area contributed by atoms with Crippen molar-refractivity contribution < 1.29 is 14.0 Å². The highest BCUT2D eigenvalue weighted by Crippen LogP contribution is 2.16. The van der Waals surface area contributed by atoms with Crippen molar-refractivity contribution in [2.45, 2.75) is 26.7 Å². The first-order valence-corrected chi connectivity index (χ1v) is 9.64. The molecular weight excluding hydrogens is 347 g/mol. The molecule has 2 N–H and O–H groups in total. The van der Waals surface area contributed by atoms with Crippen LogP contribution in [0.25, 0.3) is 0 Å². The Morgan fingerprint density at radius 3 is 2.26 bits per heavy atom. The average Bonchev–Trinajstić information content (AvgIpc) is 2.62. The maximum Gasteiger partial charge on any atom is 0.241 e. The van der Waals surface area contributed by atoms with Crippen LogP contribution in [0, 0.1) is 11.7 Å². The van der Waals surface area contributed by atoms with Crippen LogP contribution >= 0.6 is 0 Å². The molecule has 1 aromatic rings. The van der Waals surface area contributed by atoms with Crippen LogP contribution in [0.2, 0.25) is 0 Å². The number of amides is 2. The third-order valence-corrected chi connectivity index (χ3v) is 4.87. The Morgan fingerprint density at radius 2 is 1.70 bits per heavy atom. The zero-order valence-corrected chi connectivity index (χ0v) is 16.4. The number of rotatable bonds is 9. The highest BCUT2D eigenvalue weighted by atomic mass is 19.1. The number of nitrogens with zero attached hydrogens (tertiary/aromatic N) is 3. The summed E-state index contributed by atoms with van der Waals surface area (Å²) in [5.41, 5.74) is 5.82. The van der Waals surface area contributed by atoms with Crippen LogP contribution in [0.4, 0.5) is 10.1 Å². The molecule has 27 heavy (non-hydrogen) atoms. The van der Waals surface area contributed by atoms with Gasteiger partial charge in [0.15, 0.2) is 0 Å². The van der Waals surface area contributed by atoms with Crippen LogP contribution in [0.15, 0.2) is 24.3 Å². The number of nitrogens with two attached hydrogens (primary N) is 1. The molecule has 6 nitrogen and oxygen atoms in total. The van der Waals surface area contributed by atoms with Gasteiger partial charge in [-0.05, 0) is 43.1 Å². The molecule has 1 fully saturated rings. The van der Waals surface area contributed by atoms with E-state index >= 15 is 0 Å². The van der Waals surface area contributed by atoms with E-state index in [2.05, 4.69) is 23.6 Å². The molecule has 1 saturated heterocycles. The van der Waals surface area contributed by atoms with Crippen LogP contribution in [0.1, 0.15) is 26.7 Å². The lowest BCUT2D eigenvalue weighted by molar-refractivity contribution is -0.120. The number of hydrogen-bond acceptors (Lipinski definition) is 4. The fourth-order valence-corrected chi connectivity index (χ4v) is 3.13. The lowest BCUT2D eigenvalue weighted by Crippen LogP contribution is -2.50. The highest BCUT2D eigenvalue weighted by molar-refractivity contribution is 5.95. The first-order chi connectivity index (χ1) is 12.8. The summed E-state index contributed by atoms with van der Waals surface area (Å²) in [7, 11) is 0. The molecule has 0 atom stereocenters. The summed E-state index contributed by atoms with van der Waals surface area (Å²) in [5.74, 6) is -0.232. The van der Waals surface area contributed by atoms with Gasteiger partial charge in [0, 0.05) is 44.8 Å². The van der Waals surface area contributed by atoms with E-state index in [0.717, 1.165) is 32.7 Å². The normalized spacial score (nSPS) is 15.9. The number of anilines is 1. The topological polar surface area (TPSA) is 69.9 Å². The first kappa shape index (κ1) is 21.3. The van der Waals surface area contributed by atoms with Gasteiger partial charge in [0.2, 0.25) is 11.8 Å². The molecule has 1 aliphatic heterocycles. The Hall–Kier alpha value is -1.99. The van der Waals surface area contributed by atoms with Gasteiger partial charge in [-0.15, -0.1) is 0 Å². The molecule has 7 heteroatoms. The van der Waals surface area contributed by atoms with E-state index in [4.69, 9.17) is 5.73 Å². The number of carbonyl (C=O) groups is 2. The molecule has 0 unspecified atom stereocenters. The summed E-state index contributed by atoms with van der Waals surface area (Å²) in [6.07, 6.45) is 1.26. The largest absolute Gasteiger partial charge is 0.370 e. The van der Waals surface area contributed by atoms with E-state index in [1.807, 2.05) is 0 Å². The van der Waals surface area contributed by atoms with Crippen molar-refractivity contribution >= 4 is 17.5 Å². The Kier molecular flexibility index (Phi) is 8.19. The van der Waals surface area contributed by atoms with E-state index < -0.39 is 5.91 Å². The molecule has 150 valence electrons. The van der Waals surface area contributed by atoms with Gasteiger partial charge in [0.25, 0.3) is 0 Å². The summed E-state index contributed by atoms with van der Waals surface area (Å²) in [6.45, 7) is 9.64. The van der Waals surface area contributed by atoms with E-state index in [9.17, 15) is 14.0 Å². The van der Waals surface area contributed by atoms with Crippen LogP contribution in [-0.2, 0) is 9.59 Å². The molecule has 0 saturated carbocycles. The van der Waals surface area contributed by atoms with Gasteiger partial charge in [-0.3, -0.25) is 14.5 Å². The maximum atomic E-state index is 13.2. The summed E-state index contributed by atoms with van der Waals surface area (Å²) in [4.78, 5) is 30.1. The maximum absolute atomic E-state index is 13.2. The predicted molar refractivity (Wildman–Crippen MR) is 105 cm³/mol. The van der Waals surface area contributed by atoms with Crippen molar-refractivity contribution in [2.75, 3.05) is 50.7 Å². The SMILES string of the molecule is CC(C)CCN1CCN(CC(=O)N(CCC(N)=O)c2ccc(F)cc2)CC1. The van der Waals surface area contributed by atoms with Crippen molar-refractivity contribution in [3.8, 4) is 0 Å². The number of halogens is 1. The van der Waals surface area contributed by atoms with Crippen LogP contribution < -0.4 is 10.6 Å². The number of piperazine rings is 1. The molecule has 1 aliphatic rings. The van der Waals surface area contributed by atoms with Gasteiger partial charge in [0.05, 0.1) is 6.54 Å². The molecule has 0 bridgehead atoms. The van der Waals surface area contributed by atoms with E-state index in [0.29, 0.717) is 11.6 Å². The van der Waals surface area contributed by atoms with Gasteiger partial charge in [0.1, 0.15) is 5.82 Å². The van der Waals surface area contributed by atoms with Crippen molar-refractivity contribution in [3.63, 3.8) is 0 Å². The average molecular weight is 378 g/mol. The Morgan fingerprint density at radius 1 is 1.11 bits per heavy atom. The minimum atomic E-state index is -0.464. The molecule has 0 radical (unpaired) electrons. The molecule has 0 aromatic heterocycles. The summed E-state index contributed by atoms with van der Waals surface area (Å²) < 4.78 is 13.2. The second-order valence-corrected chi connectivity index (χ2v) is 7.54. The van der Waals surface area contributed by atoms with Crippen molar-refractivity contribution in [3.05, 3.63) is 30.1 Å². The molecule has 1 heterocycles. The van der Waals surface area contributed by atoms with Crippen molar-refractivity contribution in [2.24, 2.45) is 11.7 Å². The number of benzene rings is 1. The Balaban J connectivity index is 1.91. The van der Waals surface area contributed by atoms with Crippen molar-refractivity contribution in [1.29, 1.82) is 0 Å². The minimum Gasteiger partial charge on any atom is -0.370 e. The van der Waals surface area contributed by atoms with E-state index in [-0.39, 0.29) is 31.2 Å². The fraction of sp³-hybridized carbons (Fsp3) is 0.600. The highest BCUT2D eigenvalue weighted by Gasteiger charge is 2.23. The second kappa shape index (κ2) is 10.4. The lowest BCUT2D eigenvalue weighted by Gasteiger charge is -2.35. The molecule has 0 spiro atoms. The second-order valence-electron chi connectivity index (χ2n) is 7.54. The Bertz CT molecular complexity index is 613. The summed E-state index contributed by atoms with van der Waals surface area (Å²) in [5, 5.41) is 0. The molecular formula is C20H31FN4O2. The van der Waals surface area contributed by atoms with Gasteiger partial charge in [-0.2, -0.15) is 0 Å². The number of carbonyl (C=O) groups excluding carboxylic acids is 2. The van der Waals surface area contributed by atoms with Crippen molar-refractivity contribution in [1.82, 2.24) is 9.80 Å². The zero-order chi connectivity index (χ0) is 19.8. The third kappa shape index (κ3) is 7.27. The quantitative estimate of drug-likeness (QED) is 0.710. The monoisotopic (exact) mass is 378 g/mol. The van der Waals surface area contributed by atoms with Gasteiger partial charge in [-0.25, -0.2) is 4.39 Å². The van der Waals surface area contributed by atoms with Crippen LogP contribution in [-0.4, -0.2) is 67.4 Å². The van der Waals surface area contributed by atoms with Gasteiger partial charge < -0.3 is 15.5 Å². The third-order valence-electron chi connectivity index (χ3n) is 4.87. The summed E-state index contributed by atoms with van der Waals surface area (Å²) >= 11 is 0. The van der Waals surface area contributed by atoms with E-state index in [1.165, 1.54) is 23.5 Å². The molecule has 0 aliphatic carbocycles. The fourth-order valence-electron chi connectivity index (χ4n) is 3.13. The van der Waals surface area contributed by atoms with Gasteiger partial charge >= 0.3 is 0 Å². The first-order valence-electron chi connectivity index (χ1n) is 9.64. The van der Waals surface area contributed by atoms with Crippen LogP contribution in [0.3, 0.4) is 0 Å². The lowest BCUT2D eigenvalue weighted by atomic mass is 10.1. The molecule has 2 amide bonds. The summed E-state index contributed by atoms with van der Waals surface area (Å²) in [6, 6.07) is 5.73. The minimum absolute atomic E-state index is 0.0755. The van der Waals surface area contributed by atoms with E-state index in [1.54, 1.807) is 12.1 Å². The smallest absolute Gasteiger partial charge is 0.241 e. The molecule has 1 aromatic carbocycles. The predicted octanol–water partition coefficient (Wildman–Crippen LogP) is 1.70. The number of hydrogen-bond donors (Lipinski definition) is 1. The Labute approximate surface area is 161 Å².